The number of hydrogen-bond donors (Lipinski definition) is 1. The van der Waals surface area contributed by atoms with Gasteiger partial charge in [-0.05, 0) is 54.4 Å². The van der Waals surface area contributed by atoms with Crippen LogP contribution in [-0.2, 0) is 9.59 Å². The number of ether oxygens (including phenoxy) is 4. The normalized spacial score (nSPS) is 16.6. The van der Waals surface area contributed by atoms with Crippen LogP contribution in [0.15, 0.2) is 60.2 Å². The number of nitrogens with zero attached hydrogens (tertiary/aromatic N) is 1. The van der Waals surface area contributed by atoms with E-state index in [0.717, 1.165) is 5.56 Å². The van der Waals surface area contributed by atoms with Crippen molar-refractivity contribution in [3.05, 3.63) is 81.9 Å². The lowest BCUT2D eigenvalue weighted by Gasteiger charge is -2.27. The van der Waals surface area contributed by atoms with Crippen molar-refractivity contribution in [2.75, 3.05) is 33.3 Å². The van der Waals surface area contributed by atoms with Gasteiger partial charge < -0.3 is 24.1 Å². The van der Waals surface area contributed by atoms with E-state index < -0.39 is 17.7 Å². The van der Waals surface area contributed by atoms with Gasteiger partial charge in [0.2, 0.25) is 0 Å². The molecule has 1 atom stereocenters. The minimum absolute atomic E-state index is 0.111. The lowest BCUT2D eigenvalue weighted by molar-refractivity contribution is -0.132. The molecule has 0 aromatic heterocycles. The van der Waals surface area contributed by atoms with E-state index in [1.165, 1.54) is 33.3 Å². The number of carbonyl (C=O) groups is 2. The first-order chi connectivity index (χ1) is 17.7. The summed E-state index contributed by atoms with van der Waals surface area (Å²) >= 11 is 6.27. The number of rotatable bonds is 7. The number of methoxy groups -OCH3 is 4. The number of ketones is 1. The highest BCUT2D eigenvalue weighted by Gasteiger charge is 2.48. The number of aryl methyl sites for hydroxylation is 1. The number of Topliss-reactive ketones (excluding diaryl/α,β-unsaturated/α-hetero) is 1. The number of benzene rings is 3. The second-order valence-corrected chi connectivity index (χ2v) is 8.72. The summed E-state index contributed by atoms with van der Waals surface area (Å²) in [6, 6.07) is 13.9. The molecular formula is C28H26ClNO7. The van der Waals surface area contributed by atoms with Crippen molar-refractivity contribution in [1.29, 1.82) is 0 Å². The molecule has 192 valence electrons. The first-order valence-electron chi connectivity index (χ1n) is 11.3. The average Bonchev–Trinajstić information content (AvgIpc) is 3.18. The van der Waals surface area contributed by atoms with Gasteiger partial charge in [-0.15, -0.1) is 0 Å². The van der Waals surface area contributed by atoms with E-state index in [4.69, 9.17) is 30.5 Å². The van der Waals surface area contributed by atoms with Gasteiger partial charge in [-0.3, -0.25) is 14.5 Å². The topological polar surface area (TPSA) is 94.5 Å². The van der Waals surface area contributed by atoms with Crippen LogP contribution in [0.5, 0.6) is 23.0 Å². The van der Waals surface area contributed by atoms with Gasteiger partial charge >= 0.3 is 0 Å². The minimum atomic E-state index is -0.996. The summed E-state index contributed by atoms with van der Waals surface area (Å²) in [4.78, 5) is 28.4. The summed E-state index contributed by atoms with van der Waals surface area (Å²) in [6.07, 6.45) is 0. The first-order valence-corrected chi connectivity index (χ1v) is 11.6. The third-order valence-corrected chi connectivity index (χ3v) is 6.50. The molecule has 0 spiro atoms. The summed E-state index contributed by atoms with van der Waals surface area (Å²) in [5, 5.41) is 11.9. The lowest BCUT2D eigenvalue weighted by atomic mass is 9.94. The fourth-order valence-electron chi connectivity index (χ4n) is 4.40. The number of hydrogen-bond acceptors (Lipinski definition) is 7. The molecule has 0 aliphatic carbocycles. The highest BCUT2D eigenvalue weighted by Crippen LogP contribution is 2.46. The summed E-state index contributed by atoms with van der Waals surface area (Å²) in [5.74, 6) is -0.407. The maximum atomic E-state index is 13.5. The maximum absolute atomic E-state index is 13.5. The molecule has 0 saturated carbocycles. The third kappa shape index (κ3) is 4.56. The molecule has 1 heterocycles. The largest absolute Gasteiger partial charge is 0.507 e. The molecule has 0 bridgehead atoms. The molecule has 1 saturated heterocycles. The minimum Gasteiger partial charge on any atom is -0.507 e. The van der Waals surface area contributed by atoms with E-state index in [-0.39, 0.29) is 22.6 Å². The van der Waals surface area contributed by atoms with Crippen LogP contribution < -0.4 is 23.8 Å². The molecule has 8 nitrogen and oxygen atoms in total. The third-order valence-electron chi connectivity index (χ3n) is 6.26. The molecule has 3 aromatic rings. The van der Waals surface area contributed by atoms with Gasteiger partial charge in [0.05, 0.1) is 45.6 Å². The molecule has 1 N–H and O–H groups in total. The lowest BCUT2D eigenvalue weighted by Crippen LogP contribution is -2.30. The van der Waals surface area contributed by atoms with E-state index >= 15 is 0 Å². The van der Waals surface area contributed by atoms with Crippen LogP contribution in [0.1, 0.15) is 22.7 Å². The molecular weight excluding hydrogens is 498 g/mol. The number of aliphatic hydroxyl groups excluding tert-OH is 1. The van der Waals surface area contributed by atoms with Crippen LogP contribution in [-0.4, -0.2) is 45.2 Å². The van der Waals surface area contributed by atoms with E-state index in [1.807, 2.05) is 6.92 Å². The predicted octanol–water partition coefficient (Wildman–Crippen LogP) is 5.31. The quantitative estimate of drug-likeness (QED) is 0.255. The fraction of sp³-hybridized carbons (Fsp3) is 0.214. The Morgan fingerprint density at radius 3 is 2.19 bits per heavy atom. The number of anilines is 1. The van der Waals surface area contributed by atoms with Crippen LogP contribution >= 0.6 is 11.6 Å². The van der Waals surface area contributed by atoms with E-state index in [0.29, 0.717) is 33.5 Å². The van der Waals surface area contributed by atoms with Crippen LogP contribution in [0.2, 0.25) is 5.02 Å². The van der Waals surface area contributed by atoms with Gasteiger partial charge in [-0.2, -0.15) is 0 Å². The second-order valence-electron chi connectivity index (χ2n) is 8.28. The number of aliphatic hydroxyl groups is 1. The summed E-state index contributed by atoms with van der Waals surface area (Å²) in [6.45, 7) is 1.81. The molecule has 0 radical (unpaired) electrons. The predicted molar refractivity (Wildman–Crippen MR) is 140 cm³/mol. The molecule has 4 rings (SSSR count). The van der Waals surface area contributed by atoms with Crippen molar-refractivity contribution in [1.82, 2.24) is 0 Å². The highest BCUT2D eigenvalue weighted by atomic mass is 35.5. The molecule has 1 fully saturated rings. The molecule has 1 aliphatic rings. The van der Waals surface area contributed by atoms with Crippen LogP contribution in [0, 0.1) is 6.92 Å². The van der Waals surface area contributed by atoms with Crippen LogP contribution in [0.3, 0.4) is 0 Å². The zero-order valence-electron chi connectivity index (χ0n) is 21.0. The van der Waals surface area contributed by atoms with Gasteiger partial charge in [0, 0.05) is 16.8 Å². The molecule has 3 aromatic carbocycles. The standard InChI is InChI=1S/C28H26ClNO7/c1-15-6-8-17(29)13-20(15)30-25(16-7-11-21(35-3)23(12-16)37-5)24(27(32)28(30)33)26(31)19-10-9-18(34-2)14-22(19)36-4/h6-14,25,31H,1-5H3/b26-24+. The summed E-state index contributed by atoms with van der Waals surface area (Å²) in [5.41, 5.74) is 1.80. The van der Waals surface area contributed by atoms with Crippen LogP contribution in [0.25, 0.3) is 5.76 Å². The van der Waals surface area contributed by atoms with Crippen molar-refractivity contribution < 1.29 is 33.6 Å². The Balaban J connectivity index is 2.02. The Morgan fingerprint density at radius 1 is 0.838 bits per heavy atom. The number of amides is 1. The van der Waals surface area contributed by atoms with E-state index in [2.05, 4.69) is 0 Å². The van der Waals surface area contributed by atoms with Gasteiger partial charge in [-0.25, -0.2) is 0 Å². The van der Waals surface area contributed by atoms with Crippen molar-refractivity contribution in [2.24, 2.45) is 0 Å². The number of carbonyl (C=O) groups excluding carboxylic acids is 2. The zero-order valence-corrected chi connectivity index (χ0v) is 21.8. The SMILES string of the molecule is COc1ccc(/C(O)=C2\C(=O)C(=O)N(c3cc(Cl)ccc3C)C2c2ccc(OC)c(OC)c2)c(OC)c1. The molecule has 9 heteroatoms. The smallest absolute Gasteiger partial charge is 0.300 e. The Hall–Kier alpha value is -4.17. The Kier molecular flexibility index (Phi) is 7.31. The molecule has 1 aliphatic heterocycles. The second kappa shape index (κ2) is 10.4. The summed E-state index contributed by atoms with van der Waals surface area (Å²) in [7, 11) is 5.94. The molecule has 1 unspecified atom stereocenters. The average molecular weight is 524 g/mol. The fourth-order valence-corrected chi connectivity index (χ4v) is 4.57. The zero-order chi connectivity index (χ0) is 26.9. The van der Waals surface area contributed by atoms with Crippen LogP contribution in [0.4, 0.5) is 5.69 Å². The van der Waals surface area contributed by atoms with Crippen molar-refractivity contribution >= 4 is 34.7 Å². The Morgan fingerprint density at radius 2 is 1.54 bits per heavy atom. The van der Waals surface area contributed by atoms with E-state index in [9.17, 15) is 14.7 Å². The summed E-state index contributed by atoms with van der Waals surface area (Å²) < 4.78 is 21.5. The molecule has 1 amide bonds. The Labute approximate surface area is 219 Å². The maximum Gasteiger partial charge on any atom is 0.300 e. The van der Waals surface area contributed by atoms with E-state index in [1.54, 1.807) is 54.6 Å². The van der Waals surface area contributed by atoms with Gasteiger partial charge in [0.15, 0.2) is 11.5 Å². The van der Waals surface area contributed by atoms with Crippen molar-refractivity contribution in [3.63, 3.8) is 0 Å². The highest BCUT2D eigenvalue weighted by molar-refractivity contribution is 6.52. The number of halogens is 1. The Bertz CT molecular complexity index is 1420. The van der Waals surface area contributed by atoms with Gasteiger partial charge in [0.25, 0.3) is 11.7 Å². The monoisotopic (exact) mass is 523 g/mol. The molecule has 37 heavy (non-hydrogen) atoms. The van der Waals surface area contributed by atoms with Crippen molar-refractivity contribution in [2.45, 2.75) is 13.0 Å². The van der Waals surface area contributed by atoms with Gasteiger partial charge in [0.1, 0.15) is 17.3 Å². The van der Waals surface area contributed by atoms with Gasteiger partial charge in [-0.1, -0.05) is 23.7 Å². The first kappa shape index (κ1) is 25.9. The van der Waals surface area contributed by atoms with Crippen molar-refractivity contribution in [3.8, 4) is 23.0 Å².